The van der Waals surface area contributed by atoms with Crippen LogP contribution in [0.4, 0.5) is 11.4 Å². The molecule has 7 nitrogen and oxygen atoms in total. The number of fused-ring (bicyclic) bond motifs is 1. The van der Waals surface area contributed by atoms with Crippen LogP contribution < -0.4 is 19.1 Å². The first-order chi connectivity index (χ1) is 12.8. The molecular formula is C17H16Cl2N2O5S. The number of nitrogens with one attached hydrogen (secondary N) is 1. The Balaban J connectivity index is 1.86. The Morgan fingerprint density at radius 2 is 1.93 bits per heavy atom. The Morgan fingerprint density at radius 1 is 1.19 bits per heavy atom. The summed E-state index contributed by atoms with van der Waals surface area (Å²) in [6, 6.07) is 9.46. The smallest absolute Gasteiger partial charge is 0.245 e. The van der Waals surface area contributed by atoms with E-state index in [1.54, 1.807) is 30.3 Å². The molecule has 1 N–H and O–H groups in total. The van der Waals surface area contributed by atoms with Crippen LogP contribution in [-0.2, 0) is 14.8 Å². The third-order valence-corrected chi connectivity index (χ3v) is 6.42. The fourth-order valence-corrected chi connectivity index (χ4v) is 3.88. The number of anilines is 2. The average molecular weight is 431 g/mol. The SMILES string of the molecule is CCS(=O)(=O)N(CC(=O)Nc1cccc(Cl)c1Cl)c1ccc2c(c1)OCO2. The molecule has 0 unspecified atom stereocenters. The van der Waals surface area contributed by atoms with Gasteiger partial charge in [-0.05, 0) is 31.2 Å². The van der Waals surface area contributed by atoms with Gasteiger partial charge in [0.25, 0.3) is 0 Å². The third-order valence-electron chi connectivity index (χ3n) is 3.86. The molecule has 2 aromatic carbocycles. The molecule has 0 radical (unpaired) electrons. The lowest BCUT2D eigenvalue weighted by molar-refractivity contribution is -0.114. The van der Waals surface area contributed by atoms with Crippen molar-refractivity contribution in [1.82, 2.24) is 0 Å². The van der Waals surface area contributed by atoms with Gasteiger partial charge in [0.1, 0.15) is 6.54 Å². The summed E-state index contributed by atoms with van der Waals surface area (Å²) in [5, 5.41) is 3.04. The summed E-state index contributed by atoms with van der Waals surface area (Å²) in [6.45, 7) is 1.13. The van der Waals surface area contributed by atoms with Gasteiger partial charge in [-0.15, -0.1) is 0 Å². The van der Waals surface area contributed by atoms with Gasteiger partial charge in [0.15, 0.2) is 11.5 Å². The molecule has 2 aromatic rings. The first kappa shape index (κ1) is 19.6. The van der Waals surface area contributed by atoms with Crippen LogP contribution in [0.25, 0.3) is 0 Å². The van der Waals surface area contributed by atoms with Gasteiger partial charge in [-0.2, -0.15) is 0 Å². The molecule has 3 rings (SSSR count). The van der Waals surface area contributed by atoms with Crippen LogP contribution in [0.3, 0.4) is 0 Å². The zero-order chi connectivity index (χ0) is 19.6. The summed E-state index contributed by atoms with van der Waals surface area (Å²) < 4.78 is 36.6. The van der Waals surface area contributed by atoms with E-state index in [4.69, 9.17) is 32.7 Å². The molecular weight excluding hydrogens is 415 g/mol. The van der Waals surface area contributed by atoms with Crippen LogP contribution in [0.2, 0.25) is 10.0 Å². The Hall–Kier alpha value is -2.16. The van der Waals surface area contributed by atoms with E-state index in [9.17, 15) is 13.2 Å². The molecule has 10 heteroatoms. The zero-order valence-corrected chi connectivity index (χ0v) is 16.6. The molecule has 0 bridgehead atoms. The summed E-state index contributed by atoms with van der Waals surface area (Å²) in [5.74, 6) is 0.200. The summed E-state index contributed by atoms with van der Waals surface area (Å²) >= 11 is 12.0. The van der Waals surface area contributed by atoms with Crippen molar-refractivity contribution in [2.45, 2.75) is 6.92 Å². The van der Waals surface area contributed by atoms with E-state index in [0.29, 0.717) is 22.9 Å². The van der Waals surface area contributed by atoms with Gasteiger partial charge in [-0.3, -0.25) is 9.10 Å². The fourth-order valence-electron chi connectivity index (χ4n) is 2.47. The Labute approximate surface area is 166 Å². The first-order valence-electron chi connectivity index (χ1n) is 7.95. The van der Waals surface area contributed by atoms with Crippen LogP contribution in [0.1, 0.15) is 6.92 Å². The number of hydrogen-bond acceptors (Lipinski definition) is 5. The Kier molecular flexibility index (Phi) is 5.69. The highest BCUT2D eigenvalue weighted by atomic mass is 35.5. The topological polar surface area (TPSA) is 84.9 Å². The van der Waals surface area contributed by atoms with E-state index in [1.165, 1.54) is 13.0 Å². The number of carbonyl (C=O) groups is 1. The minimum atomic E-state index is -3.72. The first-order valence-corrected chi connectivity index (χ1v) is 10.3. The fraction of sp³-hybridized carbons (Fsp3) is 0.235. The molecule has 1 heterocycles. The monoisotopic (exact) mass is 430 g/mol. The molecule has 0 saturated heterocycles. The second-order valence-electron chi connectivity index (χ2n) is 5.59. The summed E-state index contributed by atoms with van der Waals surface area (Å²) in [5.41, 5.74) is 0.599. The highest BCUT2D eigenvalue weighted by molar-refractivity contribution is 7.92. The predicted octanol–water partition coefficient (Wildman–Crippen LogP) is 3.52. The number of ether oxygens (including phenoxy) is 2. The van der Waals surface area contributed by atoms with Crippen LogP contribution in [-0.4, -0.2) is 33.4 Å². The van der Waals surface area contributed by atoms with Crippen LogP contribution in [0.5, 0.6) is 11.5 Å². The van der Waals surface area contributed by atoms with Crippen molar-refractivity contribution in [3.63, 3.8) is 0 Å². The van der Waals surface area contributed by atoms with Gasteiger partial charge < -0.3 is 14.8 Å². The van der Waals surface area contributed by atoms with Gasteiger partial charge in [0, 0.05) is 6.07 Å². The van der Waals surface area contributed by atoms with Crippen molar-refractivity contribution in [2.75, 3.05) is 28.7 Å². The second-order valence-corrected chi connectivity index (χ2v) is 8.56. The van der Waals surface area contributed by atoms with Crippen LogP contribution in [0, 0.1) is 0 Å². The molecule has 0 saturated carbocycles. The van der Waals surface area contributed by atoms with Gasteiger partial charge in [0.05, 0.1) is 27.2 Å². The van der Waals surface area contributed by atoms with Gasteiger partial charge in [-0.1, -0.05) is 29.3 Å². The van der Waals surface area contributed by atoms with Crippen molar-refractivity contribution in [3.05, 3.63) is 46.4 Å². The van der Waals surface area contributed by atoms with Crippen molar-refractivity contribution in [3.8, 4) is 11.5 Å². The molecule has 27 heavy (non-hydrogen) atoms. The van der Waals surface area contributed by atoms with E-state index >= 15 is 0 Å². The Morgan fingerprint density at radius 3 is 2.67 bits per heavy atom. The number of carbonyl (C=O) groups excluding carboxylic acids is 1. The molecule has 0 aliphatic carbocycles. The third kappa shape index (κ3) is 4.23. The molecule has 0 fully saturated rings. The number of amides is 1. The van der Waals surface area contributed by atoms with Crippen LogP contribution >= 0.6 is 23.2 Å². The number of benzene rings is 2. The number of hydrogen-bond donors (Lipinski definition) is 1. The maximum atomic E-state index is 12.5. The molecule has 1 aliphatic rings. The van der Waals surface area contributed by atoms with Gasteiger partial charge in [0.2, 0.25) is 22.7 Å². The maximum Gasteiger partial charge on any atom is 0.245 e. The quantitative estimate of drug-likeness (QED) is 0.757. The molecule has 0 aromatic heterocycles. The van der Waals surface area contributed by atoms with Gasteiger partial charge >= 0.3 is 0 Å². The van der Waals surface area contributed by atoms with E-state index in [2.05, 4.69) is 5.32 Å². The van der Waals surface area contributed by atoms with Crippen molar-refractivity contribution in [1.29, 1.82) is 0 Å². The van der Waals surface area contributed by atoms with Crippen molar-refractivity contribution in [2.24, 2.45) is 0 Å². The minimum absolute atomic E-state index is 0.0626. The molecule has 144 valence electrons. The zero-order valence-electron chi connectivity index (χ0n) is 14.2. The lowest BCUT2D eigenvalue weighted by atomic mass is 10.2. The highest BCUT2D eigenvalue weighted by Crippen LogP contribution is 2.36. The number of halogens is 2. The van der Waals surface area contributed by atoms with Crippen molar-refractivity contribution >= 4 is 50.5 Å². The largest absolute Gasteiger partial charge is 0.454 e. The summed E-state index contributed by atoms with van der Waals surface area (Å²) in [6.07, 6.45) is 0. The van der Waals surface area contributed by atoms with Gasteiger partial charge in [-0.25, -0.2) is 8.42 Å². The van der Waals surface area contributed by atoms with E-state index in [1.807, 2.05) is 0 Å². The number of sulfonamides is 1. The maximum absolute atomic E-state index is 12.5. The summed E-state index contributed by atoms with van der Waals surface area (Å²) in [7, 11) is -3.72. The normalized spacial score (nSPS) is 12.7. The highest BCUT2D eigenvalue weighted by Gasteiger charge is 2.26. The molecule has 0 atom stereocenters. The lowest BCUT2D eigenvalue weighted by Crippen LogP contribution is -2.39. The number of rotatable bonds is 6. The van der Waals surface area contributed by atoms with Crippen molar-refractivity contribution < 1.29 is 22.7 Å². The lowest BCUT2D eigenvalue weighted by Gasteiger charge is -2.23. The molecule has 0 spiro atoms. The van der Waals surface area contributed by atoms with E-state index in [0.717, 1.165) is 4.31 Å². The second kappa shape index (κ2) is 7.84. The average Bonchev–Trinajstić information content (AvgIpc) is 3.11. The van der Waals surface area contributed by atoms with E-state index in [-0.39, 0.29) is 22.6 Å². The standard InChI is InChI=1S/C17H16Cl2N2O5S/c1-2-27(23,24)21(11-6-7-14-15(8-11)26-10-25-14)9-16(22)20-13-5-3-4-12(18)17(13)19/h3-8H,2,9-10H2,1H3,(H,20,22). The van der Waals surface area contributed by atoms with E-state index < -0.39 is 22.5 Å². The number of nitrogens with zero attached hydrogens (tertiary/aromatic N) is 1. The summed E-state index contributed by atoms with van der Waals surface area (Å²) in [4.78, 5) is 12.5. The minimum Gasteiger partial charge on any atom is -0.454 e. The molecule has 1 aliphatic heterocycles. The Bertz CT molecular complexity index is 981. The predicted molar refractivity (Wildman–Crippen MR) is 104 cm³/mol. The molecule has 1 amide bonds. The van der Waals surface area contributed by atoms with Crippen LogP contribution in [0.15, 0.2) is 36.4 Å².